The normalized spacial score (nSPS) is 11.1. The molecule has 0 unspecified atom stereocenters. The van der Waals surface area contributed by atoms with Crippen molar-refractivity contribution in [3.05, 3.63) is 76.5 Å². The molecule has 0 saturated heterocycles. The number of benzene rings is 2. The maximum Gasteiger partial charge on any atom is 0.335 e. The summed E-state index contributed by atoms with van der Waals surface area (Å²) >= 11 is 0. The van der Waals surface area contributed by atoms with Crippen LogP contribution in [-0.4, -0.2) is 35.7 Å². The first-order valence-electron chi connectivity index (χ1n) is 10.9. The van der Waals surface area contributed by atoms with Gasteiger partial charge in [0.25, 0.3) is 0 Å². The van der Waals surface area contributed by atoms with E-state index in [4.69, 9.17) is 0 Å². The first-order valence-corrected chi connectivity index (χ1v) is 10.9. The molecule has 2 heterocycles. The Morgan fingerprint density at radius 2 is 1.78 bits per heavy atom. The lowest BCUT2D eigenvalue weighted by atomic mass is 9.98. The first kappa shape index (κ1) is 21.4. The van der Waals surface area contributed by atoms with E-state index in [2.05, 4.69) is 27.5 Å². The Labute approximate surface area is 185 Å². The number of hydrogen-bond acceptors (Lipinski definition) is 5. The smallest absolute Gasteiger partial charge is 0.292 e. The van der Waals surface area contributed by atoms with Crippen molar-refractivity contribution >= 4 is 5.91 Å². The zero-order valence-electron chi connectivity index (χ0n) is 18.3. The van der Waals surface area contributed by atoms with Crippen LogP contribution in [0.15, 0.2) is 59.5 Å². The van der Waals surface area contributed by atoms with E-state index in [0.29, 0.717) is 18.8 Å². The van der Waals surface area contributed by atoms with Gasteiger partial charge < -0.3 is 0 Å². The molecule has 8 heteroatoms. The minimum Gasteiger partial charge on any atom is -0.292 e. The molecule has 0 aliphatic rings. The summed E-state index contributed by atoms with van der Waals surface area (Å²) in [4.78, 5) is 25.1. The van der Waals surface area contributed by atoms with E-state index in [0.717, 1.165) is 47.2 Å². The zero-order valence-corrected chi connectivity index (χ0v) is 18.3. The zero-order chi connectivity index (χ0) is 22.5. The Morgan fingerprint density at radius 1 is 1.03 bits per heavy atom. The maximum absolute atomic E-state index is 12.9. The van der Waals surface area contributed by atoms with E-state index in [1.165, 1.54) is 4.57 Å². The highest BCUT2D eigenvalue weighted by Crippen LogP contribution is 2.29. The van der Waals surface area contributed by atoms with Crippen molar-refractivity contribution in [2.75, 3.05) is 0 Å². The summed E-state index contributed by atoms with van der Waals surface area (Å²) < 4.78 is 2.96. The van der Waals surface area contributed by atoms with Gasteiger partial charge in [-0.2, -0.15) is 5.21 Å². The second-order valence-electron chi connectivity index (χ2n) is 7.69. The Balaban J connectivity index is 1.64. The van der Waals surface area contributed by atoms with Crippen LogP contribution in [0.5, 0.6) is 0 Å². The first-order chi connectivity index (χ1) is 15.6. The van der Waals surface area contributed by atoms with Gasteiger partial charge in [-0.05, 0) is 34.7 Å². The highest BCUT2D eigenvalue weighted by molar-refractivity contribution is 5.80. The van der Waals surface area contributed by atoms with Crippen molar-refractivity contribution in [3.63, 3.8) is 0 Å². The predicted molar refractivity (Wildman–Crippen MR) is 122 cm³/mol. The van der Waals surface area contributed by atoms with Crippen molar-refractivity contribution in [1.29, 1.82) is 0 Å². The molecule has 32 heavy (non-hydrogen) atoms. The van der Waals surface area contributed by atoms with E-state index < -0.39 is 0 Å². The fourth-order valence-corrected chi connectivity index (χ4v) is 3.78. The Kier molecular flexibility index (Phi) is 6.39. The fourth-order valence-electron chi connectivity index (χ4n) is 3.78. The SMILES string of the molecule is CCCCc1cn(C(=O)CC)c(=O)n1Cc1ccc(-c2ccccc2-c2nn[nH]n2)cc1. The number of aromatic amines is 1. The number of hydrogen-bond donors (Lipinski definition) is 1. The second-order valence-corrected chi connectivity index (χ2v) is 7.69. The van der Waals surface area contributed by atoms with Crippen LogP contribution >= 0.6 is 0 Å². The quantitative estimate of drug-likeness (QED) is 0.457. The molecule has 0 atom stereocenters. The molecule has 0 aliphatic carbocycles. The number of rotatable bonds is 8. The van der Waals surface area contributed by atoms with Gasteiger partial charge in [-0.1, -0.05) is 68.8 Å². The maximum atomic E-state index is 12.9. The van der Waals surface area contributed by atoms with E-state index in [1.807, 2.05) is 48.5 Å². The van der Waals surface area contributed by atoms with E-state index >= 15 is 0 Å². The molecular formula is C24H26N6O2. The number of aromatic nitrogens is 6. The summed E-state index contributed by atoms with van der Waals surface area (Å²) in [6.45, 7) is 4.30. The van der Waals surface area contributed by atoms with Crippen LogP contribution in [0.2, 0.25) is 0 Å². The lowest BCUT2D eigenvalue weighted by Gasteiger charge is -2.10. The van der Waals surface area contributed by atoms with Crippen molar-refractivity contribution < 1.29 is 4.79 Å². The molecular weight excluding hydrogens is 404 g/mol. The monoisotopic (exact) mass is 430 g/mol. The third-order valence-electron chi connectivity index (χ3n) is 5.54. The van der Waals surface area contributed by atoms with Gasteiger partial charge in [0.1, 0.15) is 0 Å². The molecule has 4 aromatic rings. The number of carbonyl (C=O) groups is 1. The highest BCUT2D eigenvalue weighted by Gasteiger charge is 2.16. The van der Waals surface area contributed by atoms with Crippen LogP contribution in [0, 0.1) is 0 Å². The summed E-state index contributed by atoms with van der Waals surface area (Å²) in [7, 11) is 0. The topological polar surface area (TPSA) is 98.5 Å². The summed E-state index contributed by atoms with van der Waals surface area (Å²) in [6, 6.07) is 16.0. The molecule has 0 fully saturated rings. The van der Waals surface area contributed by atoms with E-state index in [9.17, 15) is 9.59 Å². The number of tetrazole rings is 1. The van der Waals surface area contributed by atoms with Gasteiger partial charge in [-0.25, -0.2) is 9.36 Å². The summed E-state index contributed by atoms with van der Waals surface area (Å²) in [5, 5.41) is 14.3. The second kappa shape index (κ2) is 9.55. The molecule has 164 valence electrons. The standard InChI is InChI=1S/C24H26N6O2/c1-3-5-8-19-16-30(22(31)4-2)24(32)29(19)15-17-11-13-18(14-12-17)20-9-6-7-10-21(20)23-25-27-28-26-23/h6-7,9-14,16H,3-5,8,15H2,1-2H3,(H,25,26,27,28). The molecule has 8 nitrogen and oxygen atoms in total. The van der Waals surface area contributed by atoms with Gasteiger partial charge in [0.05, 0.1) is 6.54 Å². The average molecular weight is 431 g/mol. The van der Waals surface area contributed by atoms with Crippen molar-refractivity contribution in [2.24, 2.45) is 0 Å². The van der Waals surface area contributed by atoms with Gasteiger partial charge in [-0.3, -0.25) is 9.36 Å². The molecule has 0 radical (unpaired) electrons. The number of nitrogens with zero attached hydrogens (tertiary/aromatic N) is 5. The number of nitrogens with one attached hydrogen (secondary N) is 1. The largest absolute Gasteiger partial charge is 0.335 e. The molecule has 4 rings (SSSR count). The molecule has 0 saturated carbocycles. The minimum atomic E-state index is -0.269. The average Bonchev–Trinajstić information content (AvgIpc) is 3.47. The number of aryl methyl sites for hydroxylation is 1. The molecule has 0 spiro atoms. The molecule has 0 bridgehead atoms. The van der Waals surface area contributed by atoms with E-state index in [1.54, 1.807) is 17.7 Å². The Bertz CT molecular complexity index is 1250. The molecule has 0 aliphatic heterocycles. The number of unbranched alkanes of at least 4 members (excludes halogenated alkanes) is 1. The predicted octanol–water partition coefficient (Wildman–Crippen LogP) is 3.94. The summed E-state index contributed by atoms with van der Waals surface area (Å²) in [5.41, 5.74) is 4.53. The fraction of sp³-hybridized carbons (Fsp3) is 0.292. The van der Waals surface area contributed by atoms with Crippen LogP contribution in [0.1, 0.15) is 49.2 Å². The van der Waals surface area contributed by atoms with Crippen LogP contribution in [0.25, 0.3) is 22.5 Å². The van der Waals surface area contributed by atoms with Crippen LogP contribution in [-0.2, 0) is 13.0 Å². The molecule has 2 aromatic heterocycles. The third-order valence-corrected chi connectivity index (χ3v) is 5.54. The highest BCUT2D eigenvalue weighted by atomic mass is 16.2. The number of imidazole rings is 1. The lowest BCUT2D eigenvalue weighted by molar-refractivity contribution is 0.0904. The van der Waals surface area contributed by atoms with Crippen molar-refractivity contribution in [3.8, 4) is 22.5 Å². The summed E-state index contributed by atoms with van der Waals surface area (Å²) in [6.07, 6.45) is 4.77. The molecule has 1 N–H and O–H groups in total. The van der Waals surface area contributed by atoms with Crippen molar-refractivity contribution in [2.45, 2.75) is 46.1 Å². The number of H-pyrrole nitrogens is 1. The summed E-state index contributed by atoms with van der Waals surface area (Å²) in [5.74, 6) is 0.360. The van der Waals surface area contributed by atoms with Crippen LogP contribution in [0.3, 0.4) is 0 Å². The van der Waals surface area contributed by atoms with Crippen LogP contribution in [0.4, 0.5) is 0 Å². The van der Waals surface area contributed by atoms with E-state index in [-0.39, 0.29) is 11.6 Å². The minimum absolute atomic E-state index is 0.181. The Hall–Kier alpha value is -3.81. The third kappa shape index (κ3) is 4.30. The lowest BCUT2D eigenvalue weighted by Crippen LogP contribution is -2.29. The van der Waals surface area contributed by atoms with Gasteiger partial charge in [0.2, 0.25) is 11.7 Å². The Morgan fingerprint density at radius 3 is 2.44 bits per heavy atom. The number of carbonyl (C=O) groups excluding carboxylic acids is 1. The van der Waals surface area contributed by atoms with Gasteiger partial charge in [0.15, 0.2) is 0 Å². The van der Waals surface area contributed by atoms with Gasteiger partial charge in [0, 0.05) is 23.9 Å². The molecule has 2 aromatic carbocycles. The van der Waals surface area contributed by atoms with Gasteiger partial charge in [-0.15, -0.1) is 10.2 Å². The van der Waals surface area contributed by atoms with Crippen molar-refractivity contribution in [1.82, 2.24) is 29.8 Å². The van der Waals surface area contributed by atoms with Crippen LogP contribution < -0.4 is 5.69 Å². The molecule has 0 amide bonds. The van der Waals surface area contributed by atoms with Gasteiger partial charge >= 0.3 is 5.69 Å².